The number of hydrogen-bond acceptors (Lipinski definition) is 5. The van der Waals surface area contributed by atoms with E-state index in [1.807, 2.05) is 17.5 Å². The standard InChI is InChI=1S/C16H20N4S/c17-9-12-3-1-2-7-20(12)16-18-10-11-4-5-14-13(6-8-21-14)15(11)19-16/h6,8,10,12H,1-5,7,9,17H2. The molecule has 4 rings (SSSR count). The smallest absolute Gasteiger partial charge is 0.226 e. The predicted molar refractivity (Wildman–Crippen MR) is 86.8 cm³/mol. The van der Waals surface area contributed by atoms with Crippen LogP contribution in [0.3, 0.4) is 0 Å². The molecule has 5 heteroatoms. The van der Waals surface area contributed by atoms with Crippen LogP contribution in [-0.2, 0) is 12.8 Å². The van der Waals surface area contributed by atoms with Crippen molar-refractivity contribution >= 4 is 17.3 Å². The lowest BCUT2D eigenvalue weighted by Gasteiger charge is -2.35. The number of aryl methyl sites for hydroxylation is 2. The quantitative estimate of drug-likeness (QED) is 0.926. The monoisotopic (exact) mass is 300 g/mol. The summed E-state index contributed by atoms with van der Waals surface area (Å²) in [7, 11) is 0. The number of aromatic nitrogens is 2. The third-order valence-corrected chi connectivity index (χ3v) is 5.61. The number of nitrogens with two attached hydrogens (primary N) is 1. The maximum Gasteiger partial charge on any atom is 0.226 e. The second-order valence-corrected chi connectivity index (χ2v) is 6.88. The molecule has 2 aromatic rings. The van der Waals surface area contributed by atoms with Gasteiger partial charge in [0.1, 0.15) is 0 Å². The summed E-state index contributed by atoms with van der Waals surface area (Å²) in [6, 6.07) is 2.59. The first-order chi connectivity index (χ1) is 10.4. The van der Waals surface area contributed by atoms with Crippen LogP contribution in [0.15, 0.2) is 17.6 Å². The summed E-state index contributed by atoms with van der Waals surface area (Å²) in [5, 5.41) is 2.17. The van der Waals surface area contributed by atoms with Gasteiger partial charge in [0.25, 0.3) is 0 Å². The van der Waals surface area contributed by atoms with E-state index in [0.29, 0.717) is 12.6 Å². The molecule has 2 aliphatic rings. The number of thiophene rings is 1. The number of anilines is 1. The summed E-state index contributed by atoms with van der Waals surface area (Å²) in [6.45, 7) is 1.71. The highest BCUT2D eigenvalue weighted by Gasteiger charge is 2.26. The zero-order valence-corrected chi connectivity index (χ0v) is 12.9. The van der Waals surface area contributed by atoms with Crippen LogP contribution in [0.1, 0.15) is 29.7 Å². The van der Waals surface area contributed by atoms with Crippen molar-refractivity contribution in [2.45, 2.75) is 38.1 Å². The molecular weight excluding hydrogens is 280 g/mol. The summed E-state index contributed by atoms with van der Waals surface area (Å²) in [4.78, 5) is 13.3. The van der Waals surface area contributed by atoms with E-state index in [1.165, 1.54) is 28.8 Å². The Bertz CT molecular complexity index is 651. The molecule has 3 heterocycles. The SMILES string of the molecule is NCC1CCCCN1c1ncc2c(n1)-c1ccsc1CC2. The molecule has 0 radical (unpaired) electrons. The largest absolute Gasteiger partial charge is 0.337 e. The third-order valence-electron chi connectivity index (χ3n) is 4.63. The summed E-state index contributed by atoms with van der Waals surface area (Å²) in [5.41, 5.74) is 9.67. The van der Waals surface area contributed by atoms with E-state index in [4.69, 9.17) is 10.7 Å². The van der Waals surface area contributed by atoms with Crippen LogP contribution >= 0.6 is 11.3 Å². The van der Waals surface area contributed by atoms with Crippen LogP contribution in [0.4, 0.5) is 5.95 Å². The van der Waals surface area contributed by atoms with Gasteiger partial charge in [-0.1, -0.05) is 0 Å². The number of piperidine rings is 1. The minimum Gasteiger partial charge on any atom is -0.337 e. The molecule has 1 unspecified atom stereocenters. The molecule has 1 aliphatic carbocycles. The normalized spacial score (nSPS) is 21.0. The molecular formula is C16H20N4S. The van der Waals surface area contributed by atoms with Gasteiger partial charge in [-0.05, 0) is 49.1 Å². The zero-order valence-electron chi connectivity index (χ0n) is 12.1. The van der Waals surface area contributed by atoms with E-state index in [2.05, 4.69) is 21.3 Å². The Morgan fingerprint density at radius 2 is 2.29 bits per heavy atom. The fourth-order valence-electron chi connectivity index (χ4n) is 3.45. The minimum atomic E-state index is 0.391. The Morgan fingerprint density at radius 3 is 3.19 bits per heavy atom. The molecule has 0 spiro atoms. The molecule has 2 N–H and O–H groups in total. The molecule has 0 aromatic carbocycles. The summed E-state index contributed by atoms with van der Waals surface area (Å²) in [6.07, 6.45) is 7.83. The second-order valence-electron chi connectivity index (χ2n) is 5.88. The lowest BCUT2D eigenvalue weighted by Crippen LogP contribution is -2.45. The van der Waals surface area contributed by atoms with Gasteiger partial charge in [0.05, 0.1) is 5.69 Å². The topological polar surface area (TPSA) is 55.0 Å². The van der Waals surface area contributed by atoms with Gasteiger partial charge in [-0.3, -0.25) is 0 Å². The molecule has 1 fully saturated rings. The highest BCUT2D eigenvalue weighted by Crippen LogP contribution is 2.36. The number of hydrogen-bond donors (Lipinski definition) is 1. The van der Waals surface area contributed by atoms with Gasteiger partial charge in [0.2, 0.25) is 5.95 Å². The summed E-state index contributed by atoms with van der Waals surface area (Å²) >= 11 is 1.84. The zero-order chi connectivity index (χ0) is 14.2. The van der Waals surface area contributed by atoms with Crippen molar-refractivity contribution in [1.82, 2.24) is 9.97 Å². The first-order valence-electron chi connectivity index (χ1n) is 7.76. The van der Waals surface area contributed by atoms with Crippen LogP contribution in [0, 0.1) is 0 Å². The molecule has 1 saturated heterocycles. The van der Waals surface area contributed by atoms with E-state index in [-0.39, 0.29) is 0 Å². The fraction of sp³-hybridized carbons (Fsp3) is 0.500. The first kappa shape index (κ1) is 13.2. The van der Waals surface area contributed by atoms with Crippen LogP contribution in [0.5, 0.6) is 0 Å². The molecule has 2 aromatic heterocycles. The lowest BCUT2D eigenvalue weighted by atomic mass is 9.96. The van der Waals surface area contributed by atoms with Crippen molar-refractivity contribution in [2.75, 3.05) is 18.0 Å². The average molecular weight is 300 g/mol. The van der Waals surface area contributed by atoms with Crippen molar-refractivity contribution < 1.29 is 0 Å². The Morgan fingerprint density at radius 1 is 1.33 bits per heavy atom. The molecule has 21 heavy (non-hydrogen) atoms. The maximum atomic E-state index is 5.93. The van der Waals surface area contributed by atoms with Gasteiger partial charge >= 0.3 is 0 Å². The Labute approximate surface area is 129 Å². The number of rotatable bonds is 2. The van der Waals surface area contributed by atoms with Crippen molar-refractivity contribution in [3.05, 3.63) is 28.1 Å². The molecule has 4 nitrogen and oxygen atoms in total. The highest BCUT2D eigenvalue weighted by atomic mass is 32.1. The van der Waals surface area contributed by atoms with Crippen molar-refractivity contribution in [1.29, 1.82) is 0 Å². The molecule has 1 aliphatic heterocycles. The van der Waals surface area contributed by atoms with Crippen LogP contribution in [0.25, 0.3) is 11.3 Å². The first-order valence-corrected chi connectivity index (χ1v) is 8.64. The van der Waals surface area contributed by atoms with Crippen LogP contribution < -0.4 is 10.6 Å². The van der Waals surface area contributed by atoms with Crippen molar-refractivity contribution in [2.24, 2.45) is 5.73 Å². The van der Waals surface area contributed by atoms with E-state index in [1.54, 1.807) is 0 Å². The number of nitrogens with zero attached hydrogens (tertiary/aromatic N) is 3. The minimum absolute atomic E-state index is 0.391. The van der Waals surface area contributed by atoms with Gasteiger partial charge < -0.3 is 10.6 Å². The average Bonchev–Trinajstić information content (AvgIpc) is 3.03. The lowest BCUT2D eigenvalue weighted by molar-refractivity contribution is 0.458. The van der Waals surface area contributed by atoms with Gasteiger partial charge in [-0.15, -0.1) is 11.3 Å². The van der Waals surface area contributed by atoms with E-state index < -0.39 is 0 Å². The van der Waals surface area contributed by atoms with Crippen LogP contribution in [-0.4, -0.2) is 29.1 Å². The van der Waals surface area contributed by atoms with E-state index >= 15 is 0 Å². The van der Waals surface area contributed by atoms with Crippen molar-refractivity contribution in [3.8, 4) is 11.3 Å². The predicted octanol–water partition coefficient (Wildman–Crippen LogP) is 2.62. The number of fused-ring (bicyclic) bond motifs is 3. The Balaban J connectivity index is 1.74. The third kappa shape index (κ3) is 2.24. The fourth-order valence-corrected chi connectivity index (χ4v) is 4.33. The Kier molecular flexibility index (Phi) is 3.39. The summed E-state index contributed by atoms with van der Waals surface area (Å²) in [5.74, 6) is 0.864. The maximum absolute atomic E-state index is 5.93. The summed E-state index contributed by atoms with van der Waals surface area (Å²) < 4.78 is 0. The molecule has 0 saturated carbocycles. The van der Waals surface area contributed by atoms with Crippen molar-refractivity contribution in [3.63, 3.8) is 0 Å². The highest BCUT2D eigenvalue weighted by molar-refractivity contribution is 7.10. The van der Waals surface area contributed by atoms with Crippen LogP contribution in [0.2, 0.25) is 0 Å². The molecule has 0 amide bonds. The molecule has 0 bridgehead atoms. The van der Waals surface area contributed by atoms with Gasteiger partial charge in [0.15, 0.2) is 0 Å². The van der Waals surface area contributed by atoms with Gasteiger partial charge in [-0.25, -0.2) is 9.97 Å². The van der Waals surface area contributed by atoms with E-state index in [0.717, 1.165) is 37.4 Å². The van der Waals surface area contributed by atoms with Gasteiger partial charge in [-0.2, -0.15) is 0 Å². The Hall–Kier alpha value is -1.46. The second kappa shape index (κ2) is 5.39. The van der Waals surface area contributed by atoms with Gasteiger partial charge in [0, 0.05) is 35.8 Å². The van der Waals surface area contributed by atoms with E-state index in [9.17, 15) is 0 Å². The molecule has 1 atom stereocenters. The molecule has 110 valence electrons.